The average Bonchev–Trinajstić information content (AvgIpc) is 3.04. The molecule has 0 aliphatic heterocycles. The monoisotopic (exact) mass is 351 g/mol. The number of rotatable bonds is 8. The highest BCUT2D eigenvalue weighted by molar-refractivity contribution is 8.00. The minimum absolute atomic E-state index is 0.00557. The van der Waals surface area contributed by atoms with E-state index in [2.05, 4.69) is 10.6 Å². The fraction of sp³-hybridized carbons (Fsp3) is 0.588. The van der Waals surface area contributed by atoms with Crippen LogP contribution in [0.4, 0.5) is 0 Å². The number of nitrogens with zero attached hydrogens (tertiary/aromatic N) is 1. The number of pyridine rings is 1. The zero-order valence-electron chi connectivity index (χ0n) is 14.0. The van der Waals surface area contributed by atoms with Crippen LogP contribution in [0.15, 0.2) is 23.1 Å². The van der Waals surface area contributed by atoms with E-state index in [1.807, 2.05) is 6.07 Å². The lowest BCUT2D eigenvalue weighted by molar-refractivity contribution is -0.119. The van der Waals surface area contributed by atoms with E-state index in [9.17, 15) is 14.4 Å². The van der Waals surface area contributed by atoms with Crippen molar-refractivity contribution in [3.8, 4) is 0 Å². The van der Waals surface area contributed by atoms with Gasteiger partial charge in [-0.2, -0.15) is 0 Å². The molecule has 2 rings (SSSR count). The first-order valence-electron chi connectivity index (χ1n) is 8.36. The number of hydrogen-bond acceptors (Lipinski definition) is 4. The van der Waals surface area contributed by atoms with E-state index in [-0.39, 0.29) is 23.1 Å². The standard InChI is InChI=1S/C17H25N3O3S/c1-13-5-4-9-20(17(13)23)10-8-18-15(21)11-24-12-16(22)19-14-6-2-3-7-14/h4-5,9,14H,2-3,6-8,10-12H2,1H3,(H,18,21)(H,19,22). The van der Waals surface area contributed by atoms with Crippen LogP contribution in [-0.2, 0) is 16.1 Å². The van der Waals surface area contributed by atoms with Crippen LogP contribution in [0.5, 0.6) is 0 Å². The van der Waals surface area contributed by atoms with Crippen LogP contribution in [0.25, 0.3) is 0 Å². The Labute approximate surface area is 146 Å². The maximum Gasteiger partial charge on any atom is 0.253 e. The van der Waals surface area contributed by atoms with Crippen LogP contribution in [0, 0.1) is 6.92 Å². The molecule has 0 saturated heterocycles. The summed E-state index contributed by atoms with van der Waals surface area (Å²) in [5.41, 5.74) is 0.650. The first-order chi connectivity index (χ1) is 11.6. The number of aryl methyl sites for hydroxylation is 1. The van der Waals surface area contributed by atoms with Crippen LogP contribution < -0.4 is 16.2 Å². The van der Waals surface area contributed by atoms with Crippen molar-refractivity contribution in [3.63, 3.8) is 0 Å². The third-order valence-corrected chi connectivity index (χ3v) is 5.00. The zero-order valence-corrected chi connectivity index (χ0v) is 14.9. The Morgan fingerprint density at radius 3 is 2.71 bits per heavy atom. The Balaban J connectivity index is 1.58. The number of nitrogens with one attached hydrogen (secondary N) is 2. The highest BCUT2D eigenvalue weighted by Crippen LogP contribution is 2.17. The maximum atomic E-state index is 11.8. The Morgan fingerprint density at radius 2 is 1.96 bits per heavy atom. The number of carbonyl (C=O) groups excluding carboxylic acids is 2. The van der Waals surface area contributed by atoms with Crippen molar-refractivity contribution in [1.29, 1.82) is 0 Å². The van der Waals surface area contributed by atoms with E-state index in [1.54, 1.807) is 23.8 Å². The molecule has 132 valence electrons. The topological polar surface area (TPSA) is 80.2 Å². The summed E-state index contributed by atoms with van der Waals surface area (Å²) in [6.45, 7) is 2.61. The lowest BCUT2D eigenvalue weighted by Gasteiger charge is -2.11. The van der Waals surface area contributed by atoms with E-state index < -0.39 is 0 Å². The van der Waals surface area contributed by atoms with E-state index >= 15 is 0 Å². The van der Waals surface area contributed by atoms with Crippen LogP contribution in [0.3, 0.4) is 0 Å². The van der Waals surface area contributed by atoms with Crippen molar-refractivity contribution in [2.45, 2.75) is 45.2 Å². The maximum absolute atomic E-state index is 11.8. The molecule has 1 saturated carbocycles. The van der Waals surface area contributed by atoms with Gasteiger partial charge >= 0.3 is 0 Å². The van der Waals surface area contributed by atoms with Crippen LogP contribution >= 0.6 is 11.8 Å². The zero-order chi connectivity index (χ0) is 17.4. The van der Waals surface area contributed by atoms with Gasteiger partial charge in [-0.1, -0.05) is 18.9 Å². The molecule has 0 atom stereocenters. The minimum Gasteiger partial charge on any atom is -0.354 e. The number of thioether (sulfide) groups is 1. The van der Waals surface area contributed by atoms with Gasteiger partial charge < -0.3 is 15.2 Å². The number of aromatic nitrogens is 1. The molecular weight excluding hydrogens is 326 g/mol. The van der Waals surface area contributed by atoms with Gasteiger partial charge in [0.2, 0.25) is 11.8 Å². The van der Waals surface area contributed by atoms with Gasteiger partial charge in [0.05, 0.1) is 11.5 Å². The lowest BCUT2D eigenvalue weighted by atomic mass is 10.2. The van der Waals surface area contributed by atoms with E-state index in [4.69, 9.17) is 0 Å². The molecule has 7 heteroatoms. The molecule has 1 heterocycles. The Kier molecular flexibility index (Phi) is 7.36. The van der Waals surface area contributed by atoms with Gasteiger partial charge in [0, 0.05) is 30.9 Å². The molecular formula is C17H25N3O3S. The lowest BCUT2D eigenvalue weighted by Crippen LogP contribution is -2.35. The first-order valence-corrected chi connectivity index (χ1v) is 9.51. The quantitative estimate of drug-likeness (QED) is 0.734. The van der Waals surface area contributed by atoms with Gasteiger partial charge in [-0.15, -0.1) is 11.8 Å². The van der Waals surface area contributed by atoms with Gasteiger partial charge in [0.25, 0.3) is 5.56 Å². The number of amides is 2. The second-order valence-corrected chi connectivity index (χ2v) is 7.07. The van der Waals surface area contributed by atoms with Crippen molar-refractivity contribution in [2.75, 3.05) is 18.1 Å². The van der Waals surface area contributed by atoms with Crippen molar-refractivity contribution in [1.82, 2.24) is 15.2 Å². The summed E-state index contributed by atoms with van der Waals surface area (Å²) in [5.74, 6) is 0.447. The SMILES string of the molecule is Cc1cccn(CCNC(=O)CSCC(=O)NC2CCCC2)c1=O. The number of carbonyl (C=O) groups is 2. The van der Waals surface area contributed by atoms with Crippen molar-refractivity contribution in [3.05, 3.63) is 34.2 Å². The molecule has 6 nitrogen and oxygen atoms in total. The van der Waals surface area contributed by atoms with Gasteiger partial charge in [-0.3, -0.25) is 14.4 Å². The molecule has 0 spiro atoms. The molecule has 2 N–H and O–H groups in total. The molecule has 1 aliphatic carbocycles. The summed E-state index contributed by atoms with van der Waals surface area (Å²) in [7, 11) is 0. The van der Waals surface area contributed by atoms with Crippen molar-refractivity contribution >= 4 is 23.6 Å². The molecule has 2 amide bonds. The van der Waals surface area contributed by atoms with Crippen LogP contribution in [-0.4, -0.2) is 40.5 Å². The highest BCUT2D eigenvalue weighted by Gasteiger charge is 2.17. The summed E-state index contributed by atoms with van der Waals surface area (Å²) in [6, 6.07) is 3.90. The Morgan fingerprint density at radius 1 is 1.25 bits per heavy atom. The summed E-state index contributed by atoms with van der Waals surface area (Å²) in [5, 5.41) is 5.77. The molecule has 1 aromatic heterocycles. The molecule has 1 aliphatic rings. The van der Waals surface area contributed by atoms with Gasteiger partial charge in [-0.25, -0.2) is 0 Å². The van der Waals surface area contributed by atoms with Gasteiger partial charge in [-0.05, 0) is 25.8 Å². The fourth-order valence-corrected chi connectivity index (χ4v) is 3.43. The second kappa shape index (κ2) is 9.52. The summed E-state index contributed by atoms with van der Waals surface area (Å²) >= 11 is 1.31. The summed E-state index contributed by atoms with van der Waals surface area (Å²) < 4.78 is 1.58. The smallest absolute Gasteiger partial charge is 0.253 e. The van der Waals surface area contributed by atoms with E-state index in [0.29, 0.717) is 30.4 Å². The van der Waals surface area contributed by atoms with E-state index in [0.717, 1.165) is 12.8 Å². The molecule has 1 fully saturated rings. The molecule has 0 unspecified atom stereocenters. The van der Waals surface area contributed by atoms with Gasteiger partial charge in [0.15, 0.2) is 0 Å². The second-order valence-electron chi connectivity index (χ2n) is 6.08. The average molecular weight is 351 g/mol. The normalized spacial score (nSPS) is 14.5. The molecule has 24 heavy (non-hydrogen) atoms. The van der Waals surface area contributed by atoms with Crippen LogP contribution in [0.1, 0.15) is 31.2 Å². The number of hydrogen-bond donors (Lipinski definition) is 2. The van der Waals surface area contributed by atoms with E-state index in [1.165, 1.54) is 24.6 Å². The summed E-state index contributed by atoms with van der Waals surface area (Å²) in [6.07, 6.45) is 6.21. The van der Waals surface area contributed by atoms with Crippen molar-refractivity contribution < 1.29 is 9.59 Å². The predicted molar refractivity (Wildman–Crippen MR) is 96.2 cm³/mol. The Hall–Kier alpha value is -1.76. The molecule has 0 bridgehead atoms. The first kappa shape index (κ1) is 18.6. The third kappa shape index (κ3) is 6.03. The fourth-order valence-electron chi connectivity index (χ4n) is 2.78. The Bertz CT molecular complexity index is 624. The summed E-state index contributed by atoms with van der Waals surface area (Å²) in [4.78, 5) is 35.3. The molecule has 0 aromatic carbocycles. The van der Waals surface area contributed by atoms with Crippen LogP contribution in [0.2, 0.25) is 0 Å². The molecule has 0 radical (unpaired) electrons. The molecule has 1 aromatic rings. The largest absolute Gasteiger partial charge is 0.354 e. The third-order valence-electron chi connectivity index (χ3n) is 4.07. The predicted octanol–water partition coefficient (Wildman–Crippen LogP) is 1.06. The van der Waals surface area contributed by atoms with Gasteiger partial charge in [0.1, 0.15) is 0 Å². The van der Waals surface area contributed by atoms with Crippen molar-refractivity contribution in [2.24, 2.45) is 0 Å². The highest BCUT2D eigenvalue weighted by atomic mass is 32.2. The minimum atomic E-state index is -0.116.